The van der Waals surface area contributed by atoms with Gasteiger partial charge in [0.25, 0.3) is 0 Å². The third-order valence-corrected chi connectivity index (χ3v) is 9.00. The van der Waals surface area contributed by atoms with Crippen LogP contribution in [-0.2, 0) is 33.3 Å². The van der Waals surface area contributed by atoms with Crippen molar-refractivity contribution >= 4 is 11.9 Å². The molecule has 0 saturated carbocycles. The molecule has 2 bridgehead atoms. The molecule has 0 aromatic heterocycles. The van der Waals surface area contributed by atoms with Crippen molar-refractivity contribution in [2.24, 2.45) is 11.7 Å². The number of carboxylic acids is 1. The van der Waals surface area contributed by atoms with E-state index >= 15 is 0 Å². The Morgan fingerprint density at radius 3 is 2.47 bits per heavy atom. The molecule has 0 aromatic carbocycles. The fraction of sp³-hybridized carbons (Fsp3) is 0.657. The molecule has 3 fully saturated rings. The van der Waals surface area contributed by atoms with Gasteiger partial charge in [0.1, 0.15) is 24.2 Å². The lowest BCUT2D eigenvalue weighted by atomic mass is 9.83. The van der Waals surface area contributed by atoms with Gasteiger partial charge in [-0.1, -0.05) is 68.4 Å². The minimum atomic E-state index is -2.10. The van der Waals surface area contributed by atoms with E-state index in [9.17, 15) is 40.2 Å². The number of fused-ring (bicyclic) bond motifs is 3. The van der Waals surface area contributed by atoms with E-state index in [1.165, 1.54) is 6.08 Å². The Morgan fingerprint density at radius 2 is 1.73 bits per heavy atom. The van der Waals surface area contributed by atoms with Gasteiger partial charge in [0.2, 0.25) is 0 Å². The smallest absolute Gasteiger partial charge is 0.330 e. The van der Waals surface area contributed by atoms with E-state index in [-0.39, 0.29) is 32.0 Å². The number of hydrogen-bond donors (Lipinski definition) is 7. The van der Waals surface area contributed by atoms with Crippen molar-refractivity contribution in [3.8, 4) is 0 Å². The average Bonchev–Trinajstić information content (AvgIpc) is 3.77. The van der Waals surface area contributed by atoms with Crippen LogP contribution in [0.25, 0.3) is 0 Å². The molecule has 14 heteroatoms. The van der Waals surface area contributed by atoms with E-state index in [1.54, 1.807) is 36.5 Å². The SMILES string of the molecule is CCCCC1C/C=C/C=C/C=C/C=C/[C@H](O[C@@H]2OC[C@@H](O)[C@H](N)[C@@H]2O)C[C@@H]2O[C@](O)(C[C@@H](O)C[C@H]3O[C@@H]3/C=C/C(=O)O1)C[C@H](O)[C@H]2C(=O)O. The molecule has 0 amide bonds. The lowest BCUT2D eigenvalue weighted by molar-refractivity contribution is -0.305. The summed E-state index contributed by atoms with van der Waals surface area (Å²) in [5.41, 5.74) is 5.91. The average molecular weight is 694 g/mol. The van der Waals surface area contributed by atoms with Crippen molar-refractivity contribution in [2.45, 2.75) is 131 Å². The van der Waals surface area contributed by atoms with Crippen LogP contribution in [0, 0.1) is 5.92 Å². The van der Waals surface area contributed by atoms with E-state index in [0.29, 0.717) is 6.42 Å². The van der Waals surface area contributed by atoms with E-state index in [4.69, 9.17) is 29.4 Å². The number of epoxide rings is 1. The van der Waals surface area contributed by atoms with Gasteiger partial charge >= 0.3 is 11.9 Å². The second kappa shape index (κ2) is 18.5. The molecule has 0 aromatic rings. The van der Waals surface area contributed by atoms with Crippen LogP contribution < -0.4 is 5.73 Å². The Labute approximate surface area is 286 Å². The summed E-state index contributed by atoms with van der Waals surface area (Å²) < 4.78 is 28.6. The molecule has 0 spiro atoms. The van der Waals surface area contributed by atoms with Gasteiger partial charge in [0.05, 0.1) is 49.3 Å². The predicted molar refractivity (Wildman–Crippen MR) is 174 cm³/mol. The first kappa shape index (κ1) is 39.0. The molecule has 274 valence electrons. The van der Waals surface area contributed by atoms with Gasteiger partial charge in [0.15, 0.2) is 12.1 Å². The Bertz CT molecular complexity index is 1240. The Kier molecular flexibility index (Phi) is 14.7. The van der Waals surface area contributed by atoms with E-state index < -0.39 is 91.2 Å². The fourth-order valence-corrected chi connectivity index (χ4v) is 6.29. The molecule has 0 aliphatic carbocycles. The third-order valence-electron chi connectivity index (χ3n) is 9.00. The lowest BCUT2D eigenvalue weighted by Gasteiger charge is -2.44. The minimum Gasteiger partial charge on any atom is -0.481 e. The molecule has 1 unspecified atom stereocenters. The molecule has 8 N–H and O–H groups in total. The third kappa shape index (κ3) is 11.9. The van der Waals surface area contributed by atoms with Crippen LogP contribution in [0.1, 0.15) is 58.3 Å². The van der Waals surface area contributed by atoms with Crippen LogP contribution in [-0.4, -0.2) is 122 Å². The first-order chi connectivity index (χ1) is 23.4. The highest BCUT2D eigenvalue weighted by Gasteiger charge is 2.51. The standard InChI is InChI=1S/C35H51NO13/c1-2-3-11-22-12-9-7-5-4-6-8-10-13-23(47-34-32(41)31(36)25(39)20-45-34)17-28-30(33(42)43)24(38)19-35(44,49-28)18-21(37)16-27-26(48-27)14-15-29(40)46-22/h4-10,13-15,21-28,30-32,34,37-39,41,44H,2-3,11-12,16-20,36H2,1H3,(H,42,43)/b5-4+,8-6+,9-7+,13-10+,15-14+/t21-,22?,23-,24-,25+,26+,27+,28-,30+,31-,32-,34-,35+/m0/s1. The Morgan fingerprint density at radius 1 is 1.00 bits per heavy atom. The van der Waals surface area contributed by atoms with Crippen molar-refractivity contribution in [3.63, 3.8) is 0 Å². The zero-order chi connectivity index (χ0) is 35.6. The number of hydrogen-bond acceptors (Lipinski definition) is 13. The van der Waals surface area contributed by atoms with E-state index in [2.05, 4.69) is 6.92 Å². The van der Waals surface area contributed by atoms with Crippen molar-refractivity contribution in [2.75, 3.05) is 6.61 Å². The summed E-state index contributed by atoms with van der Waals surface area (Å²) in [6.45, 7) is 1.86. The number of aliphatic carboxylic acids is 1. The predicted octanol–water partition coefficient (Wildman–Crippen LogP) is 0.902. The summed E-state index contributed by atoms with van der Waals surface area (Å²) in [6.07, 6.45) is 9.12. The molecule has 13 atom stereocenters. The number of rotatable bonds is 6. The summed E-state index contributed by atoms with van der Waals surface area (Å²) in [5.74, 6) is -5.40. The summed E-state index contributed by atoms with van der Waals surface area (Å²) >= 11 is 0. The highest BCUT2D eigenvalue weighted by molar-refractivity contribution is 5.82. The maximum absolute atomic E-state index is 12.5. The summed E-state index contributed by atoms with van der Waals surface area (Å²) in [6, 6.07) is -1.05. The van der Waals surface area contributed by atoms with Gasteiger partial charge in [-0.25, -0.2) is 4.79 Å². The number of ether oxygens (including phenoxy) is 5. The van der Waals surface area contributed by atoms with Gasteiger partial charge in [-0.2, -0.15) is 0 Å². The maximum Gasteiger partial charge on any atom is 0.330 e. The number of carboxylic acid groups (broad SMARTS) is 1. The van der Waals surface area contributed by atoms with Gasteiger partial charge in [0, 0.05) is 38.2 Å². The highest BCUT2D eigenvalue weighted by atomic mass is 16.7. The van der Waals surface area contributed by atoms with Crippen molar-refractivity contribution < 1.29 is 63.9 Å². The number of esters is 1. The molecule has 49 heavy (non-hydrogen) atoms. The Hall–Kier alpha value is -2.76. The number of unbranched alkanes of at least 4 members (excludes halogenated alkanes) is 1. The van der Waals surface area contributed by atoms with Crippen LogP contribution in [0.5, 0.6) is 0 Å². The van der Waals surface area contributed by atoms with Crippen LogP contribution in [0.4, 0.5) is 0 Å². The molecule has 4 aliphatic rings. The summed E-state index contributed by atoms with van der Waals surface area (Å²) in [7, 11) is 0. The quantitative estimate of drug-likeness (QED) is 0.151. The lowest BCUT2D eigenvalue weighted by Crippen LogP contribution is -2.59. The minimum absolute atomic E-state index is 0.0834. The number of allylic oxidation sites excluding steroid dienone is 6. The summed E-state index contributed by atoms with van der Waals surface area (Å²) in [5, 5.41) is 63.7. The first-order valence-corrected chi connectivity index (χ1v) is 17.0. The molecule has 4 rings (SSSR count). The summed E-state index contributed by atoms with van der Waals surface area (Å²) in [4.78, 5) is 24.8. The topological polar surface area (TPSA) is 231 Å². The Balaban J connectivity index is 1.57. The van der Waals surface area contributed by atoms with Crippen LogP contribution in [0.3, 0.4) is 0 Å². The van der Waals surface area contributed by atoms with Crippen LogP contribution in [0.15, 0.2) is 60.8 Å². The number of carbonyl (C=O) groups excluding carboxylic acids is 1. The first-order valence-electron chi connectivity index (χ1n) is 17.0. The fourth-order valence-electron chi connectivity index (χ4n) is 6.29. The number of carbonyl (C=O) groups is 2. The second-order valence-corrected chi connectivity index (χ2v) is 13.1. The van der Waals surface area contributed by atoms with Crippen LogP contribution >= 0.6 is 0 Å². The molecule has 14 nitrogen and oxygen atoms in total. The number of aliphatic hydroxyl groups excluding tert-OH is 4. The largest absolute Gasteiger partial charge is 0.481 e. The molecular weight excluding hydrogens is 642 g/mol. The zero-order valence-corrected chi connectivity index (χ0v) is 27.7. The highest BCUT2D eigenvalue weighted by Crippen LogP contribution is 2.39. The second-order valence-electron chi connectivity index (χ2n) is 13.1. The monoisotopic (exact) mass is 693 g/mol. The molecule has 0 radical (unpaired) electrons. The van der Waals surface area contributed by atoms with Crippen LogP contribution in [0.2, 0.25) is 0 Å². The van der Waals surface area contributed by atoms with Crippen molar-refractivity contribution in [3.05, 3.63) is 60.8 Å². The number of aliphatic hydroxyl groups is 5. The van der Waals surface area contributed by atoms with Gasteiger partial charge in [-0.15, -0.1) is 0 Å². The normalized spacial score (nSPS) is 44.3. The van der Waals surface area contributed by atoms with Gasteiger partial charge in [-0.05, 0) is 12.5 Å². The van der Waals surface area contributed by atoms with Crippen molar-refractivity contribution in [1.82, 2.24) is 0 Å². The molecule has 4 aliphatic heterocycles. The van der Waals surface area contributed by atoms with Gasteiger partial charge in [-0.3, -0.25) is 4.79 Å². The zero-order valence-electron chi connectivity index (χ0n) is 27.7. The van der Waals surface area contributed by atoms with Crippen molar-refractivity contribution in [1.29, 1.82) is 0 Å². The number of cyclic esters (lactones) is 1. The van der Waals surface area contributed by atoms with E-state index in [1.807, 2.05) is 18.2 Å². The van der Waals surface area contributed by atoms with Gasteiger partial charge < -0.3 is 60.1 Å². The molecule has 3 saturated heterocycles. The number of nitrogens with two attached hydrogens (primary N) is 1. The maximum atomic E-state index is 12.5. The van der Waals surface area contributed by atoms with E-state index in [0.717, 1.165) is 19.3 Å². The molecular formula is C35H51NO13. The molecule has 4 heterocycles.